The van der Waals surface area contributed by atoms with Crippen LogP contribution >= 0.6 is 0 Å². The van der Waals surface area contributed by atoms with Crippen molar-refractivity contribution in [3.8, 4) is 5.75 Å². The summed E-state index contributed by atoms with van der Waals surface area (Å²) in [5, 5.41) is 11.7. The first-order valence-electron chi connectivity index (χ1n) is 6.50. The number of nitrogens with zero attached hydrogens (tertiary/aromatic N) is 1. The van der Waals surface area contributed by atoms with E-state index in [2.05, 4.69) is 5.16 Å². The molecule has 5 heteroatoms. The molecule has 1 fully saturated rings. The highest BCUT2D eigenvalue weighted by Crippen LogP contribution is 2.20. The molecule has 1 aliphatic rings. The second-order valence-corrected chi connectivity index (χ2v) is 4.83. The number of aryl methyl sites for hydroxylation is 1. The minimum Gasteiger partial charge on any atom is -0.493 e. The molecule has 0 saturated carbocycles. The maximum absolute atomic E-state index is 8.68. The molecule has 0 radical (unpaired) electrons. The van der Waals surface area contributed by atoms with Gasteiger partial charge < -0.3 is 20.4 Å². The van der Waals surface area contributed by atoms with Crippen LogP contribution in [0.15, 0.2) is 23.4 Å². The molecule has 0 spiro atoms. The van der Waals surface area contributed by atoms with Crippen molar-refractivity contribution in [3.05, 3.63) is 29.3 Å². The fraction of sp³-hybridized carbons (Fsp3) is 0.500. The van der Waals surface area contributed by atoms with E-state index < -0.39 is 0 Å². The van der Waals surface area contributed by atoms with E-state index in [1.807, 2.05) is 25.1 Å². The quantitative estimate of drug-likeness (QED) is 0.377. The van der Waals surface area contributed by atoms with Gasteiger partial charge in [-0.3, -0.25) is 0 Å². The first-order valence-corrected chi connectivity index (χ1v) is 6.50. The summed E-state index contributed by atoms with van der Waals surface area (Å²) in [5.74, 6) is 1.50. The molecule has 0 aliphatic carbocycles. The zero-order valence-corrected chi connectivity index (χ0v) is 11.1. The molecule has 1 heterocycles. The SMILES string of the molecule is Cc1cc(OCC2CCOCC2)ccc1/C(N)=N/O. The highest BCUT2D eigenvalue weighted by molar-refractivity contribution is 5.98. The van der Waals surface area contributed by atoms with Gasteiger partial charge in [-0.2, -0.15) is 0 Å². The summed E-state index contributed by atoms with van der Waals surface area (Å²) >= 11 is 0. The molecule has 104 valence electrons. The van der Waals surface area contributed by atoms with Crippen molar-refractivity contribution in [1.82, 2.24) is 0 Å². The molecule has 1 aromatic carbocycles. The van der Waals surface area contributed by atoms with Crippen molar-refractivity contribution < 1.29 is 14.7 Å². The van der Waals surface area contributed by atoms with Crippen LogP contribution in [-0.2, 0) is 4.74 Å². The summed E-state index contributed by atoms with van der Waals surface area (Å²) in [6, 6.07) is 5.57. The van der Waals surface area contributed by atoms with Gasteiger partial charge in [0.25, 0.3) is 0 Å². The van der Waals surface area contributed by atoms with E-state index >= 15 is 0 Å². The molecule has 5 nitrogen and oxygen atoms in total. The Morgan fingerprint density at radius 2 is 2.21 bits per heavy atom. The van der Waals surface area contributed by atoms with Gasteiger partial charge in [-0.15, -0.1) is 0 Å². The third-order valence-corrected chi connectivity index (χ3v) is 3.41. The molecule has 0 aromatic heterocycles. The number of ether oxygens (including phenoxy) is 2. The van der Waals surface area contributed by atoms with Gasteiger partial charge in [0, 0.05) is 18.8 Å². The summed E-state index contributed by atoms with van der Waals surface area (Å²) < 4.78 is 11.1. The van der Waals surface area contributed by atoms with Gasteiger partial charge in [-0.1, -0.05) is 5.16 Å². The molecule has 19 heavy (non-hydrogen) atoms. The Morgan fingerprint density at radius 1 is 1.47 bits per heavy atom. The summed E-state index contributed by atoms with van der Waals surface area (Å²) in [6.07, 6.45) is 2.11. The molecular formula is C14H20N2O3. The van der Waals surface area contributed by atoms with Gasteiger partial charge in [0.05, 0.1) is 6.61 Å². The molecular weight excluding hydrogens is 244 g/mol. The Morgan fingerprint density at radius 3 is 2.84 bits per heavy atom. The minimum absolute atomic E-state index is 0.119. The van der Waals surface area contributed by atoms with Gasteiger partial charge in [-0.25, -0.2) is 0 Å². The molecule has 1 saturated heterocycles. The predicted molar refractivity (Wildman–Crippen MR) is 72.7 cm³/mol. The van der Waals surface area contributed by atoms with Gasteiger partial charge >= 0.3 is 0 Å². The monoisotopic (exact) mass is 264 g/mol. The van der Waals surface area contributed by atoms with Crippen LogP contribution in [-0.4, -0.2) is 30.9 Å². The lowest BCUT2D eigenvalue weighted by molar-refractivity contribution is 0.0497. The van der Waals surface area contributed by atoms with Crippen LogP contribution in [0, 0.1) is 12.8 Å². The van der Waals surface area contributed by atoms with Crippen molar-refractivity contribution >= 4 is 5.84 Å². The lowest BCUT2D eigenvalue weighted by atomic mass is 10.0. The van der Waals surface area contributed by atoms with Gasteiger partial charge in [-0.05, 0) is 49.4 Å². The highest BCUT2D eigenvalue weighted by Gasteiger charge is 2.14. The van der Waals surface area contributed by atoms with Crippen LogP contribution in [0.4, 0.5) is 0 Å². The number of oxime groups is 1. The molecule has 2 rings (SSSR count). The maximum atomic E-state index is 8.68. The van der Waals surface area contributed by atoms with Crippen LogP contribution in [0.3, 0.4) is 0 Å². The molecule has 0 amide bonds. The van der Waals surface area contributed by atoms with Crippen molar-refractivity contribution in [2.24, 2.45) is 16.8 Å². The fourth-order valence-electron chi connectivity index (χ4n) is 2.19. The topological polar surface area (TPSA) is 77.1 Å². The number of nitrogens with two attached hydrogens (primary N) is 1. The Bertz CT molecular complexity index is 454. The van der Waals surface area contributed by atoms with E-state index in [-0.39, 0.29) is 5.84 Å². The van der Waals surface area contributed by atoms with Crippen molar-refractivity contribution in [1.29, 1.82) is 0 Å². The van der Waals surface area contributed by atoms with Crippen LogP contribution < -0.4 is 10.5 Å². The zero-order chi connectivity index (χ0) is 13.7. The van der Waals surface area contributed by atoms with Crippen LogP contribution in [0.2, 0.25) is 0 Å². The number of rotatable bonds is 4. The van der Waals surface area contributed by atoms with E-state index in [4.69, 9.17) is 20.4 Å². The summed E-state index contributed by atoms with van der Waals surface area (Å²) in [5.41, 5.74) is 7.23. The van der Waals surface area contributed by atoms with Crippen molar-refractivity contribution in [3.63, 3.8) is 0 Å². The molecule has 0 atom stereocenters. The van der Waals surface area contributed by atoms with Crippen LogP contribution in [0.25, 0.3) is 0 Å². The standard InChI is InChI=1S/C14H20N2O3/c1-10-8-12(2-3-13(10)14(15)16-17)19-9-11-4-6-18-7-5-11/h2-3,8,11,17H,4-7,9H2,1H3,(H2,15,16). The van der Waals surface area contributed by atoms with Gasteiger partial charge in [0.2, 0.25) is 0 Å². The second-order valence-electron chi connectivity index (χ2n) is 4.83. The zero-order valence-electron chi connectivity index (χ0n) is 11.1. The second kappa shape index (κ2) is 6.43. The first-order chi connectivity index (χ1) is 9.20. The average Bonchev–Trinajstić information content (AvgIpc) is 2.45. The summed E-state index contributed by atoms with van der Waals surface area (Å²) in [4.78, 5) is 0. The normalized spacial score (nSPS) is 17.4. The predicted octanol–water partition coefficient (Wildman–Crippen LogP) is 1.89. The largest absolute Gasteiger partial charge is 0.493 e. The highest BCUT2D eigenvalue weighted by atomic mass is 16.5. The van der Waals surface area contributed by atoms with Gasteiger partial charge in [0.1, 0.15) is 5.75 Å². The average molecular weight is 264 g/mol. The summed E-state index contributed by atoms with van der Waals surface area (Å²) in [7, 11) is 0. The van der Waals surface area contributed by atoms with Crippen LogP contribution in [0.5, 0.6) is 5.75 Å². The number of hydrogen-bond donors (Lipinski definition) is 2. The molecule has 3 N–H and O–H groups in total. The fourth-order valence-corrected chi connectivity index (χ4v) is 2.19. The molecule has 1 aliphatic heterocycles. The maximum Gasteiger partial charge on any atom is 0.170 e. The molecule has 0 bridgehead atoms. The van der Waals surface area contributed by atoms with Crippen LogP contribution in [0.1, 0.15) is 24.0 Å². The number of amidine groups is 1. The van der Waals surface area contributed by atoms with E-state index in [1.54, 1.807) is 0 Å². The van der Waals surface area contributed by atoms with E-state index in [9.17, 15) is 0 Å². The lowest BCUT2D eigenvalue weighted by Crippen LogP contribution is -2.21. The van der Waals surface area contributed by atoms with E-state index in [1.165, 1.54) is 0 Å². The Hall–Kier alpha value is -1.75. The third kappa shape index (κ3) is 3.61. The number of benzene rings is 1. The molecule has 0 unspecified atom stereocenters. The lowest BCUT2D eigenvalue weighted by Gasteiger charge is -2.22. The number of hydrogen-bond acceptors (Lipinski definition) is 4. The Labute approximate surface area is 113 Å². The van der Waals surface area contributed by atoms with E-state index in [0.29, 0.717) is 12.5 Å². The van der Waals surface area contributed by atoms with Crippen molar-refractivity contribution in [2.45, 2.75) is 19.8 Å². The molecule has 1 aromatic rings. The van der Waals surface area contributed by atoms with Gasteiger partial charge in [0.15, 0.2) is 5.84 Å². The summed E-state index contributed by atoms with van der Waals surface area (Å²) in [6.45, 7) is 4.28. The van der Waals surface area contributed by atoms with E-state index in [0.717, 1.165) is 42.9 Å². The Kier molecular flexibility index (Phi) is 4.63. The third-order valence-electron chi connectivity index (χ3n) is 3.41. The van der Waals surface area contributed by atoms with Crippen molar-refractivity contribution in [2.75, 3.05) is 19.8 Å². The minimum atomic E-state index is 0.119. The smallest absolute Gasteiger partial charge is 0.170 e. The Balaban J connectivity index is 1.96. The first kappa shape index (κ1) is 13.7.